The van der Waals surface area contributed by atoms with E-state index in [1.54, 1.807) is 17.2 Å². The fraction of sp³-hybridized carbons (Fsp3) is 0.524. The van der Waals surface area contributed by atoms with Gasteiger partial charge in [-0.25, -0.2) is 26.3 Å². The van der Waals surface area contributed by atoms with Crippen molar-refractivity contribution in [1.29, 1.82) is 0 Å². The van der Waals surface area contributed by atoms with Crippen molar-refractivity contribution in [2.24, 2.45) is 5.16 Å². The first-order chi connectivity index (χ1) is 15.0. The molecule has 1 unspecified atom stereocenters. The van der Waals surface area contributed by atoms with Crippen molar-refractivity contribution in [3.05, 3.63) is 47.1 Å². The summed E-state index contributed by atoms with van der Waals surface area (Å²) < 4.78 is 68.3. The number of rotatable bonds is 4. The lowest BCUT2D eigenvalue weighted by Crippen LogP contribution is -2.47. The van der Waals surface area contributed by atoms with Crippen LogP contribution in [0.4, 0.5) is 13.2 Å². The van der Waals surface area contributed by atoms with E-state index in [1.807, 2.05) is 13.0 Å². The van der Waals surface area contributed by atoms with Gasteiger partial charge in [0.2, 0.25) is 10.0 Å². The highest BCUT2D eigenvalue weighted by molar-refractivity contribution is 7.88. The summed E-state index contributed by atoms with van der Waals surface area (Å²) in [6.45, 7) is 2.09. The van der Waals surface area contributed by atoms with E-state index < -0.39 is 34.5 Å². The molecule has 174 valence electrons. The maximum atomic E-state index is 14.5. The number of alkyl halides is 2. The lowest BCUT2D eigenvalue weighted by molar-refractivity contribution is -0.0337. The third-order valence-corrected chi connectivity index (χ3v) is 6.56. The van der Waals surface area contributed by atoms with Crippen molar-refractivity contribution in [3.63, 3.8) is 0 Å². The number of likely N-dealkylation sites (tertiary alicyclic amines) is 1. The van der Waals surface area contributed by atoms with Crippen LogP contribution >= 0.6 is 0 Å². The maximum absolute atomic E-state index is 14.5. The summed E-state index contributed by atoms with van der Waals surface area (Å²) in [7, 11) is -3.77. The smallest absolute Gasteiger partial charge is 0.265 e. The average Bonchev–Trinajstić information content (AvgIpc) is 3.32. The van der Waals surface area contributed by atoms with Crippen LogP contribution in [-0.2, 0) is 14.9 Å². The van der Waals surface area contributed by atoms with Gasteiger partial charge in [-0.05, 0) is 37.5 Å². The van der Waals surface area contributed by atoms with Crippen molar-refractivity contribution in [2.75, 3.05) is 19.3 Å². The Morgan fingerprint density at radius 3 is 2.78 bits per heavy atom. The molecule has 1 saturated heterocycles. The van der Waals surface area contributed by atoms with Crippen molar-refractivity contribution in [3.8, 4) is 0 Å². The van der Waals surface area contributed by atoms with Crippen LogP contribution in [0.5, 0.6) is 0 Å². The molecule has 11 heteroatoms. The topological polar surface area (TPSA) is 83.9 Å². The number of aromatic nitrogens is 1. The third kappa shape index (κ3) is 4.83. The normalized spacial score (nSPS) is 25.7. The van der Waals surface area contributed by atoms with Crippen molar-refractivity contribution in [1.82, 2.24) is 14.6 Å². The van der Waals surface area contributed by atoms with Crippen molar-refractivity contribution in [2.45, 2.75) is 50.7 Å². The highest BCUT2D eigenvalue weighted by Crippen LogP contribution is 2.38. The number of oxime groups is 1. The number of halogens is 3. The molecule has 1 aliphatic carbocycles. The van der Waals surface area contributed by atoms with E-state index in [9.17, 15) is 21.6 Å². The lowest BCUT2D eigenvalue weighted by atomic mass is 9.97. The Balaban J connectivity index is 1.49. The Kier molecular flexibility index (Phi) is 6.06. The van der Waals surface area contributed by atoms with E-state index in [4.69, 9.17) is 4.84 Å². The summed E-state index contributed by atoms with van der Waals surface area (Å²) in [4.78, 5) is 11.8. The quantitative estimate of drug-likeness (QED) is 0.729. The summed E-state index contributed by atoms with van der Waals surface area (Å²) >= 11 is 0. The minimum absolute atomic E-state index is 0.0156. The third-order valence-electron chi connectivity index (χ3n) is 5.85. The summed E-state index contributed by atoms with van der Waals surface area (Å²) in [5.41, 5.74) is 2.64. The van der Waals surface area contributed by atoms with E-state index in [0.717, 1.165) is 11.8 Å². The predicted molar refractivity (Wildman–Crippen MR) is 114 cm³/mol. The fourth-order valence-electron chi connectivity index (χ4n) is 4.22. The molecule has 0 bridgehead atoms. The largest absolute Gasteiger partial charge is 0.384 e. The monoisotopic (exact) mass is 470 g/mol. The first kappa shape index (κ1) is 22.8. The molecule has 2 atom stereocenters. The van der Waals surface area contributed by atoms with Gasteiger partial charge in [-0.2, -0.15) is 0 Å². The zero-order valence-corrected chi connectivity index (χ0v) is 18.6. The van der Waals surface area contributed by atoms with Crippen LogP contribution in [0.15, 0.2) is 35.4 Å². The molecule has 0 saturated carbocycles. The Labute approximate surface area is 185 Å². The molecule has 0 radical (unpaired) electrons. The molecule has 1 fully saturated rings. The number of pyridine rings is 1. The van der Waals surface area contributed by atoms with Gasteiger partial charge in [-0.15, -0.1) is 0 Å². The van der Waals surface area contributed by atoms with Gasteiger partial charge in [0, 0.05) is 36.8 Å². The summed E-state index contributed by atoms with van der Waals surface area (Å²) in [6, 6.07) is 0.385. The SMILES string of the molecule is Cc1cnc(C2CC(N3CC[C@@H](NS(C)(=O)=O)C(F)(F)CC3)=NO2)c(C2=C(F)C=CC2)c1. The zero-order valence-electron chi connectivity index (χ0n) is 17.8. The summed E-state index contributed by atoms with van der Waals surface area (Å²) in [5.74, 6) is -2.99. The molecule has 3 heterocycles. The minimum atomic E-state index is -3.77. The number of allylic oxidation sites excluding steroid dienone is 4. The standard InChI is InChI=1S/C21H25F3N4O3S/c1-13-10-15(14-4-3-5-16(14)22)20(25-12-13)17-11-19(26-31-17)28-8-6-18(27-32(2,29)30)21(23,24)7-9-28/h3,5,10,12,17-18,27H,4,6-9,11H2,1-2H3/t17?,18-/m1/s1. The molecule has 7 nitrogen and oxygen atoms in total. The first-order valence-electron chi connectivity index (χ1n) is 10.4. The van der Waals surface area contributed by atoms with Crippen molar-refractivity contribution < 1.29 is 26.4 Å². The van der Waals surface area contributed by atoms with Gasteiger partial charge < -0.3 is 9.74 Å². The van der Waals surface area contributed by atoms with Gasteiger partial charge in [-0.1, -0.05) is 11.2 Å². The predicted octanol–water partition coefficient (Wildman–Crippen LogP) is 3.45. The number of sulfonamides is 1. The lowest BCUT2D eigenvalue weighted by Gasteiger charge is -2.24. The molecule has 3 aliphatic rings. The van der Waals surface area contributed by atoms with Crippen LogP contribution in [0.1, 0.15) is 48.6 Å². The number of nitrogens with zero attached hydrogens (tertiary/aromatic N) is 3. The van der Waals surface area contributed by atoms with E-state index in [0.29, 0.717) is 35.5 Å². The number of amidine groups is 1. The summed E-state index contributed by atoms with van der Waals surface area (Å²) in [5, 5.41) is 4.11. The van der Waals surface area contributed by atoms with Crippen LogP contribution in [-0.4, -0.2) is 55.4 Å². The maximum Gasteiger partial charge on any atom is 0.265 e. The minimum Gasteiger partial charge on any atom is -0.384 e. The van der Waals surface area contributed by atoms with Crippen molar-refractivity contribution >= 4 is 21.4 Å². The zero-order chi connectivity index (χ0) is 23.1. The van der Waals surface area contributed by atoms with E-state index in [-0.39, 0.29) is 25.3 Å². The first-order valence-corrected chi connectivity index (χ1v) is 12.3. The Morgan fingerprint density at radius 2 is 2.09 bits per heavy atom. The van der Waals surface area contributed by atoms with Gasteiger partial charge in [0.05, 0.1) is 24.4 Å². The highest BCUT2D eigenvalue weighted by Gasteiger charge is 2.44. The van der Waals surface area contributed by atoms with Crippen LogP contribution in [0.25, 0.3) is 5.57 Å². The Hall–Kier alpha value is -2.40. The molecule has 2 aliphatic heterocycles. The van der Waals surface area contributed by atoms with Gasteiger partial charge in [0.1, 0.15) is 11.7 Å². The number of hydrogen-bond acceptors (Lipinski definition) is 6. The molecule has 1 aromatic heterocycles. The fourth-order valence-corrected chi connectivity index (χ4v) is 5.03. The molecule has 0 spiro atoms. The molecule has 1 aromatic rings. The summed E-state index contributed by atoms with van der Waals surface area (Å²) in [6.07, 6.45) is 5.34. The number of nitrogens with one attached hydrogen (secondary N) is 1. The Morgan fingerprint density at radius 1 is 1.31 bits per heavy atom. The molecular formula is C21H25F3N4O3S. The molecule has 0 aromatic carbocycles. The molecule has 4 rings (SSSR count). The number of hydrogen-bond donors (Lipinski definition) is 1. The average molecular weight is 471 g/mol. The highest BCUT2D eigenvalue weighted by atomic mass is 32.2. The Bertz CT molecular complexity index is 1100. The molecule has 1 N–H and O–H groups in total. The number of aryl methyl sites for hydroxylation is 1. The van der Waals surface area contributed by atoms with E-state index in [2.05, 4.69) is 14.9 Å². The second kappa shape index (κ2) is 8.51. The van der Waals surface area contributed by atoms with E-state index >= 15 is 0 Å². The van der Waals surface area contributed by atoms with Gasteiger partial charge in [-0.3, -0.25) is 4.98 Å². The van der Waals surface area contributed by atoms with Gasteiger partial charge in [0.15, 0.2) is 6.10 Å². The molecule has 32 heavy (non-hydrogen) atoms. The van der Waals surface area contributed by atoms with Crippen LogP contribution < -0.4 is 4.72 Å². The van der Waals surface area contributed by atoms with Crippen LogP contribution in [0.3, 0.4) is 0 Å². The van der Waals surface area contributed by atoms with Crippen LogP contribution in [0, 0.1) is 6.92 Å². The van der Waals surface area contributed by atoms with Crippen LogP contribution in [0.2, 0.25) is 0 Å². The molecule has 0 amide bonds. The second-order valence-corrected chi connectivity index (χ2v) is 10.2. The molecular weight excluding hydrogens is 445 g/mol. The van der Waals surface area contributed by atoms with Gasteiger partial charge in [0.25, 0.3) is 5.92 Å². The van der Waals surface area contributed by atoms with E-state index in [1.165, 1.54) is 6.08 Å². The second-order valence-electron chi connectivity index (χ2n) is 8.41. The van der Waals surface area contributed by atoms with Gasteiger partial charge >= 0.3 is 0 Å².